The van der Waals surface area contributed by atoms with Gasteiger partial charge in [-0.2, -0.15) is 15.0 Å². The molecule has 1 saturated heterocycles. The van der Waals surface area contributed by atoms with E-state index in [2.05, 4.69) is 46.2 Å². The molecule has 2 aromatic heterocycles. The molecule has 0 saturated carbocycles. The van der Waals surface area contributed by atoms with Crippen LogP contribution in [0.1, 0.15) is 12.5 Å². The Labute approximate surface area is 184 Å². The Balaban J connectivity index is 1.41. The first-order chi connectivity index (χ1) is 15.2. The smallest absolute Gasteiger partial charge is 0.280 e. The predicted molar refractivity (Wildman–Crippen MR) is 116 cm³/mol. The van der Waals surface area contributed by atoms with E-state index in [9.17, 15) is 0 Å². The number of morpholine rings is 1. The van der Waals surface area contributed by atoms with Gasteiger partial charge in [0, 0.05) is 26.2 Å². The fraction of sp³-hybridized carbons (Fsp3) is 0.389. The van der Waals surface area contributed by atoms with Gasteiger partial charge in [0.05, 0.1) is 13.2 Å². The summed E-state index contributed by atoms with van der Waals surface area (Å²) in [7, 11) is 0. The molecule has 4 rings (SSSR count). The first-order valence-electron chi connectivity index (χ1n) is 9.84. The molecule has 2 N–H and O–H groups in total. The van der Waals surface area contributed by atoms with Crippen molar-refractivity contribution in [1.29, 1.82) is 0 Å². The van der Waals surface area contributed by atoms with Gasteiger partial charge in [-0.15, -0.1) is 20.4 Å². The standard InChI is InChI=1S/C18H22ClN11O/c1-2-29(12-13-6-4-3-5-7-13)17-21-14(19)20-15(22-17)23-24-16-25-27-18(28-26-16)30-8-10-31-11-9-30/h3-7H,2,8-12H2,1H3,(H,24,25,26)(H,20,21,22,23). The van der Waals surface area contributed by atoms with E-state index in [1.54, 1.807) is 0 Å². The van der Waals surface area contributed by atoms with Crippen LogP contribution in [0.4, 0.5) is 23.8 Å². The van der Waals surface area contributed by atoms with Crippen LogP contribution in [0.2, 0.25) is 5.28 Å². The van der Waals surface area contributed by atoms with Gasteiger partial charge in [-0.25, -0.2) is 0 Å². The molecule has 3 heterocycles. The predicted octanol–water partition coefficient (Wildman–Crippen LogP) is 1.41. The highest BCUT2D eigenvalue weighted by Crippen LogP contribution is 2.16. The van der Waals surface area contributed by atoms with E-state index < -0.39 is 0 Å². The molecule has 0 radical (unpaired) electrons. The fourth-order valence-corrected chi connectivity index (χ4v) is 3.10. The van der Waals surface area contributed by atoms with Gasteiger partial charge in [0.15, 0.2) is 0 Å². The lowest BCUT2D eigenvalue weighted by molar-refractivity contribution is 0.122. The van der Waals surface area contributed by atoms with Crippen molar-refractivity contribution in [2.75, 3.05) is 53.5 Å². The van der Waals surface area contributed by atoms with Crippen LogP contribution in [0.25, 0.3) is 0 Å². The van der Waals surface area contributed by atoms with Crippen molar-refractivity contribution in [1.82, 2.24) is 35.3 Å². The highest BCUT2D eigenvalue weighted by atomic mass is 35.5. The van der Waals surface area contributed by atoms with Crippen molar-refractivity contribution < 1.29 is 4.74 Å². The lowest BCUT2D eigenvalue weighted by Crippen LogP contribution is -2.37. The summed E-state index contributed by atoms with van der Waals surface area (Å²) in [6.07, 6.45) is 0. The Morgan fingerprint density at radius 1 is 0.968 bits per heavy atom. The van der Waals surface area contributed by atoms with E-state index in [0.717, 1.165) is 5.56 Å². The summed E-state index contributed by atoms with van der Waals surface area (Å²) in [6, 6.07) is 10.1. The molecule has 0 amide bonds. The minimum atomic E-state index is 0.0700. The second-order valence-electron chi connectivity index (χ2n) is 6.60. The van der Waals surface area contributed by atoms with Gasteiger partial charge in [-0.05, 0) is 24.1 Å². The maximum atomic E-state index is 6.11. The number of hydrazine groups is 1. The molecule has 162 valence electrons. The Bertz CT molecular complexity index is 970. The van der Waals surface area contributed by atoms with E-state index in [1.165, 1.54) is 0 Å². The number of anilines is 4. The molecular formula is C18H22ClN11O. The minimum absolute atomic E-state index is 0.0700. The third kappa shape index (κ3) is 5.61. The number of hydrogen-bond donors (Lipinski definition) is 2. The van der Waals surface area contributed by atoms with Crippen molar-refractivity contribution >= 4 is 35.4 Å². The van der Waals surface area contributed by atoms with Crippen LogP contribution in [-0.2, 0) is 11.3 Å². The zero-order valence-corrected chi connectivity index (χ0v) is 17.7. The molecule has 13 heteroatoms. The molecule has 31 heavy (non-hydrogen) atoms. The Morgan fingerprint density at radius 2 is 1.68 bits per heavy atom. The van der Waals surface area contributed by atoms with Gasteiger partial charge in [0.1, 0.15) is 0 Å². The number of nitrogens with zero attached hydrogens (tertiary/aromatic N) is 9. The number of rotatable bonds is 8. The monoisotopic (exact) mass is 443 g/mol. The molecular weight excluding hydrogens is 422 g/mol. The van der Waals surface area contributed by atoms with Crippen LogP contribution in [0, 0.1) is 0 Å². The normalized spacial score (nSPS) is 13.7. The SMILES string of the molecule is CCN(Cc1ccccc1)c1nc(Cl)nc(NNc2nnc(N3CCOCC3)nn2)n1. The maximum Gasteiger partial charge on any atom is 0.280 e. The quantitative estimate of drug-likeness (QED) is 0.488. The number of ether oxygens (including phenoxy) is 1. The van der Waals surface area contributed by atoms with Crippen molar-refractivity contribution in [2.45, 2.75) is 13.5 Å². The second kappa shape index (κ2) is 10.1. The molecule has 0 spiro atoms. The van der Waals surface area contributed by atoms with Gasteiger partial charge in [-0.1, -0.05) is 30.3 Å². The molecule has 1 fully saturated rings. The average molecular weight is 444 g/mol. The van der Waals surface area contributed by atoms with Crippen LogP contribution in [-0.4, -0.2) is 68.2 Å². The molecule has 12 nitrogen and oxygen atoms in total. The minimum Gasteiger partial charge on any atom is -0.378 e. The second-order valence-corrected chi connectivity index (χ2v) is 6.94. The van der Waals surface area contributed by atoms with Crippen LogP contribution in [0.15, 0.2) is 30.3 Å². The molecule has 0 aliphatic carbocycles. The van der Waals surface area contributed by atoms with E-state index >= 15 is 0 Å². The summed E-state index contributed by atoms with van der Waals surface area (Å²) in [4.78, 5) is 16.7. The Hall–Kier alpha value is -3.38. The van der Waals surface area contributed by atoms with Crippen LogP contribution >= 0.6 is 11.6 Å². The van der Waals surface area contributed by atoms with Gasteiger partial charge >= 0.3 is 0 Å². The van der Waals surface area contributed by atoms with Crippen molar-refractivity contribution in [3.05, 3.63) is 41.2 Å². The average Bonchev–Trinajstić information content (AvgIpc) is 2.82. The van der Waals surface area contributed by atoms with Gasteiger partial charge in [-0.3, -0.25) is 10.9 Å². The summed E-state index contributed by atoms with van der Waals surface area (Å²) in [5, 5.41) is 16.3. The number of benzene rings is 1. The van der Waals surface area contributed by atoms with Gasteiger partial charge in [0.25, 0.3) is 11.9 Å². The van der Waals surface area contributed by atoms with Crippen LogP contribution in [0.5, 0.6) is 0 Å². The van der Waals surface area contributed by atoms with Crippen LogP contribution in [0.3, 0.4) is 0 Å². The summed E-state index contributed by atoms with van der Waals surface area (Å²) in [5.74, 6) is 1.31. The number of nitrogens with one attached hydrogen (secondary N) is 2. The summed E-state index contributed by atoms with van der Waals surface area (Å²) in [5.41, 5.74) is 6.74. The number of halogens is 1. The van der Waals surface area contributed by atoms with Gasteiger partial charge in [0.2, 0.25) is 17.2 Å². The lowest BCUT2D eigenvalue weighted by atomic mass is 10.2. The van der Waals surface area contributed by atoms with E-state index in [0.29, 0.717) is 51.3 Å². The van der Waals surface area contributed by atoms with Crippen LogP contribution < -0.4 is 20.7 Å². The summed E-state index contributed by atoms with van der Waals surface area (Å²) in [6.45, 7) is 6.04. The highest BCUT2D eigenvalue weighted by molar-refractivity contribution is 6.28. The summed E-state index contributed by atoms with van der Waals surface area (Å²) >= 11 is 6.11. The maximum absolute atomic E-state index is 6.11. The zero-order chi connectivity index (χ0) is 21.5. The third-order valence-electron chi connectivity index (χ3n) is 4.53. The van der Waals surface area contributed by atoms with Gasteiger partial charge < -0.3 is 14.5 Å². The largest absolute Gasteiger partial charge is 0.378 e. The Kier molecular flexibility index (Phi) is 6.79. The third-order valence-corrected chi connectivity index (χ3v) is 4.69. The molecule has 1 aliphatic rings. The van der Waals surface area contributed by atoms with E-state index in [1.807, 2.05) is 47.1 Å². The molecule has 0 atom stereocenters. The van der Waals surface area contributed by atoms with Crippen molar-refractivity contribution in [2.24, 2.45) is 0 Å². The number of aromatic nitrogens is 7. The molecule has 1 aromatic carbocycles. The molecule has 0 unspecified atom stereocenters. The zero-order valence-electron chi connectivity index (χ0n) is 16.9. The van der Waals surface area contributed by atoms with E-state index in [-0.39, 0.29) is 17.2 Å². The fourth-order valence-electron chi connectivity index (χ4n) is 2.94. The molecule has 3 aromatic rings. The Morgan fingerprint density at radius 3 is 2.39 bits per heavy atom. The van der Waals surface area contributed by atoms with E-state index in [4.69, 9.17) is 16.3 Å². The topological polar surface area (TPSA) is 130 Å². The number of hydrogen-bond acceptors (Lipinski definition) is 12. The van der Waals surface area contributed by atoms with Crippen molar-refractivity contribution in [3.8, 4) is 0 Å². The summed E-state index contributed by atoms with van der Waals surface area (Å²) < 4.78 is 5.32. The first kappa shape index (κ1) is 20.9. The molecule has 0 bridgehead atoms. The van der Waals surface area contributed by atoms with Crippen molar-refractivity contribution in [3.63, 3.8) is 0 Å². The first-order valence-corrected chi connectivity index (χ1v) is 10.2. The lowest BCUT2D eigenvalue weighted by Gasteiger charge is -2.25. The molecule has 1 aliphatic heterocycles. The highest BCUT2D eigenvalue weighted by Gasteiger charge is 2.15.